The van der Waals surface area contributed by atoms with Crippen LogP contribution in [0.3, 0.4) is 0 Å². The number of hydrogen-bond donors (Lipinski definition) is 1. The Balaban J connectivity index is 1.32. The molecule has 1 aliphatic carbocycles. The number of urea groups is 1. The highest BCUT2D eigenvalue weighted by atomic mass is 16.2. The largest absolute Gasteiger partial charge is 0.339 e. The van der Waals surface area contributed by atoms with Crippen molar-refractivity contribution in [3.05, 3.63) is 35.4 Å². The molecule has 176 valence electrons. The van der Waals surface area contributed by atoms with Gasteiger partial charge in [0.2, 0.25) is 5.91 Å². The lowest BCUT2D eigenvalue weighted by Gasteiger charge is -2.43. The van der Waals surface area contributed by atoms with E-state index in [2.05, 4.69) is 37.1 Å². The standard InChI is InChI=1S/C25H33N5O3/c1-18-12-24(2,3)17-25(13-18)22(32)30(23(33)27-25)16-21(31)29-10-8-28(9-11-29)15-20-6-4-19(14-26)5-7-20/h4-7,18H,8-13,15-17H2,1-3H3,(H,27,33)/t18-,25-/m1/s1. The number of amides is 4. The van der Waals surface area contributed by atoms with Gasteiger partial charge in [-0.2, -0.15) is 5.26 Å². The van der Waals surface area contributed by atoms with Crippen LogP contribution in [-0.4, -0.2) is 70.8 Å². The van der Waals surface area contributed by atoms with Gasteiger partial charge in [0.25, 0.3) is 5.91 Å². The van der Waals surface area contributed by atoms with Crippen LogP contribution in [0.15, 0.2) is 24.3 Å². The van der Waals surface area contributed by atoms with Crippen LogP contribution in [0.2, 0.25) is 0 Å². The number of nitriles is 1. The molecule has 3 aliphatic rings. The summed E-state index contributed by atoms with van der Waals surface area (Å²) in [5.74, 6) is -0.102. The summed E-state index contributed by atoms with van der Waals surface area (Å²) >= 11 is 0. The number of piperazine rings is 1. The summed E-state index contributed by atoms with van der Waals surface area (Å²) in [7, 11) is 0. The van der Waals surface area contributed by atoms with E-state index in [1.165, 1.54) is 0 Å². The predicted molar refractivity (Wildman–Crippen MR) is 123 cm³/mol. The SMILES string of the molecule is C[C@@H]1CC(C)(C)C[C@@]2(C1)NC(=O)N(CC(=O)N1CCN(Cc3ccc(C#N)cc3)CC1)C2=O. The number of rotatable bonds is 4. The van der Waals surface area contributed by atoms with Crippen molar-refractivity contribution in [1.29, 1.82) is 5.26 Å². The summed E-state index contributed by atoms with van der Waals surface area (Å²) in [6.07, 6.45) is 2.25. The Labute approximate surface area is 195 Å². The molecule has 4 rings (SSSR count). The van der Waals surface area contributed by atoms with Gasteiger partial charge in [-0.05, 0) is 48.3 Å². The highest BCUT2D eigenvalue weighted by molar-refractivity contribution is 6.09. The molecule has 2 aliphatic heterocycles. The summed E-state index contributed by atoms with van der Waals surface area (Å²) in [6.45, 7) is 9.52. The third-order valence-corrected chi connectivity index (χ3v) is 7.13. The van der Waals surface area contributed by atoms with Crippen molar-refractivity contribution >= 4 is 17.8 Å². The first-order valence-corrected chi connectivity index (χ1v) is 11.7. The second-order valence-corrected chi connectivity index (χ2v) is 10.7. The number of nitrogens with one attached hydrogen (secondary N) is 1. The Hall–Kier alpha value is -2.92. The average molecular weight is 452 g/mol. The minimum atomic E-state index is -0.877. The fourth-order valence-electron chi connectivity index (χ4n) is 5.98. The van der Waals surface area contributed by atoms with Gasteiger partial charge in [0.1, 0.15) is 12.1 Å². The third kappa shape index (κ3) is 4.88. The molecular weight excluding hydrogens is 418 g/mol. The Morgan fingerprint density at radius 2 is 1.79 bits per heavy atom. The average Bonchev–Trinajstić information content (AvgIpc) is 2.96. The lowest BCUT2D eigenvalue weighted by molar-refractivity contribution is -0.141. The van der Waals surface area contributed by atoms with Crippen LogP contribution in [-0.2, 0) is 16.1 Å². The Kier molecular flexibility index (Phi) is 6.19. The second-order valence-electron chi connectivity index (χ2n) is 10.7. The lowest BCUT2D eigenvalue weighted by Crippen LogP contribution is -2.55. The molecule has 1 aromatic carbocycles. The molecule has 0 radical (unpaired) electrons. The van der Waals surface area contributed by atoms with Crippen LogP contribution in [0.25, 0.3) is 0 Å². The van der Waals surface area contributed by atoms with Gasteiger partial charge in [0.15, 0.2) is 0 Å². The first-order chi connectivity index (χ1) is 15.6. The van der Waals surface area contributed by atoms with Gasteiger partial charge in [-0.3, -0.25) is 19.4 Å². The van der Waals surface area contributed by atoms with E-state index in [1.807, 2.05) is 24.3 Å². The molecule has 33 heavy (non-hydrogen) atoms. The zero-order chi connectivity index (χ0) is 23.8. The second kappa shape index (κ2) is 8.79. The summed E-state index contributed by atoms with van der Waals surface area (Å²) in [4.78, 5) is 44.1. The first-order valence-electron chi connectivity index (χ1n) is 11.7. The van der Waals surface area contributed by atoms with Gasteiger partial charge in [-0.25, -0.2) is 4.79 Å². The minimum Gasteiger partial charge on any atom is -0.339 e. The van der Waals surface area contributed by atoms with Crippen molar-refractivity contribution in [2.45, 2.75) is 52.1 Å². The number of nitrogens with zero attached hydrogens (tertiary/aromatic N) is 4. The molecule has 1 N–H and O–H groups in total. The smallest absolute Gasteiger partial charge is 0.325 e. The molecule has 2 atom stereocenters. The Bertz CT molecular complexity index is 975. The highest BCUT2D eigenvalue weighted by Crippen LogP contribution is 2.46. The summed E-state index contributed by atoms with van der Waals surface area (Å²) in [6, 6.07) is 9.21. The molecule has 4 amide bonds. The van der Waals surface area contributed by atoms with Crippen LogP contribution in [0.1, 0.15) is 51.2 Å². The number of hydrogen-bond acceptors (Lipinski definition) is 5. The van der Waals surface area contributed by atoms with E-state index in [9.17, 15) is 14.4 Å². The summed E-state index contributed by atoms with van der Waals surface area (Å²) < 4.78 is 0. The molecule has 8 heteroatoms. The molecule has 1 aromatic rings. The lowest BCUT2D eigenvalue weighted by atomic mass is 9.64. The monoisotopic (exact) mass is 451 g/mol. The van der Waals surface area contributed by atoms with Crippen molar-refractivity contribution in [3.8, 4) is 6.07 Å². The molecule has 1 saturated carbocycles. The van der Waals surface area contributed by atoms with Gasteiger partial charge in [0.05, 0.1) is 11.6 Å². The van der Waals surface area contributed by atoms with Gasteiger partial charge >= 0.3 is 6.03 Å². The minimum absolute atomic E-state index is 0.0358. The van der Waals surface area contributed by atoms with Crippen LogP contribution in [0.4, 0.5) is 4.79 Å². The van der Waals surface area contributed by atoms with Crippen LogP contribution in [0, 0.1) is 22.7 Å². The fourth-order valence-corrected chi connectivity index (χ4v) is 5.98. The molecule has 1 spiro atoms. The molecule has 2 saturated heterocycles. The van der Waals surface area contributed by atoms with Crippen molar-refractivity contribution in [1.82, 2.24) is 20.0 Å². The van der Waals surface area contributed by atoms with Crippen LogP contribution >= 0.6 is 0 Å². The van der Waals surface area contributed by atoms with E-state index in [1.54, 1.807) is 4.90 Å². The maximum absolute atomic E-state index is 13.3. The third-order valence-electron chi connectivity index (χ3n) is 7.13. The first kappa shape index (κ1) is 23.2. The van der Waals surface area contributed by atoms with Crippen LogP contribution in [0.5, 0.6) is 0 Å². The van der Waals surface area contributed by atoms with E-state index >= 15 is 0 Å². The van der Waals surface area contributed by atoms with Crippen molar-refractivity contribution < 1.29 is 14.4 Å². The van der Waals surface area contributed by atoms with Crippen molar-refractivity contribution in [2.24, 2.45) is 11.3 Å². The number of imide groups is 1. The zero-order valence-corrected chi connectivity index (χ0v) is 19.8. The van der Waals surface area contributed by atoms with E-state index in [4.69, 9.17) is 5.26 Å². The van der Waals surface area contributed by atoms with Crippen LogP contribution < -0.4 is 5.32 Å². The molecule has 3 fully saturated rings. The molecule has 8 nitrogen and oxygen atoms in total. The molecule has 0 aromatic heterocycles. The zero-order valence-electron chi connectivity index (χ0n) is 19.8. The van der Waals surface area contributed by atoms with Gasteiger partial charge in [-0.15, -0.1) is 0 Å². The number of carbonyl (C=O) groups excluding carboxylic acids is 3. The maximum atomic E-state index is 13.3. The molecule has 0 unspecified atom stereocenters. The fraction of sp³-hybridized carbons (Fsp3) is 0.600. The van der Waals surface area contributed by atoms with Crippen molar-refractivity contribution in [2.75, 3.05) is 32.7 Å². The molecular formula is C25H33N5O3. The number of carbonyl (C=O) groups is 3. The normalized spacial score (nSPS) is 27.5. The van der Waals surface area contributed by atoms with Gasteiger partial charge in [-0.1, -0.05) is 32.9 Å². The summed E-state index contributed by atoms with van der Waals surface area (Å²) in [5, 5.41) is 11.9. The van der Waals surface area contributed by atoms with E-state index in [0.29, 0.717) is 37.4 Å². The van der Waals surface area contributed by atoms with E-state index in [-0.39, 0.29) is 23.8 Å². The quantitative estimate of drug-likeness (QED) is 0.709. The van der Waals surface area contributed by atoms with Crippen molar-refractivity contribution in [3.63, 3.8) is 0 Å². The van der Waals surface area contributed by atoms with Gasteiger partial charge < -0.3 is 10.2 Å². The van der Waals surface area contributed by atoms with E-state index in [0.717, 1.165) is 36.5 Å². The van der Waals surface area contributed by atoms with E-state index < -0.39 is 11.6 Å². The Morgan fingerprint density at radius 1 is 1.12 bits per heavy atom. The molecule has 0 bridgehead atoms. The predicted octanol–water partition coefficient (Wildman–Crippen LogP) is 2.34. The molecule has 2 heterocycles. The summed E-state index contributed by atoms with van der Waals surface area (Å²) in [5.41, 5.74) is 0.857. The highest BCUT2D eigenvalue weighted by Gasteiger charge is 2.56. The maximum Gasteiger partial charge on any atom is 0.325 e. The number of benzene rings is 1. The topological polar surface area (TPSA) is 96.8 Å². The van der Waals surface area contributed by atoms with Gasteiger partial charge in [0, 0.05) is 32.7 Å². The Morgan fingerprint density at radius 3 is 2.39 bits per heavy atom.